The van der Waals surface area contributed by atoms with E-state index in [1.165, 1.54) is 12.8 Å². The molecule has 3 N–H and O–H groups in total. The van der Waals surface area contributed by atoms with Crippen LogP contribution in [-0.4, -0.2) is 46.8 Å². The normalized spacial score (nSPS) is 13.3. The fourth-order valence-corrected chi connectivity index (χ4v) is 4.31. The molecule has 1 aliphatic carbocycles. The maximum atomic E-state index is 12.2. The molecule has 0 saturated heterocycles. The number of imidazole rings is 1. The highest BCUT2D eigenvalue weighted by Crippen LogP contribution is 2.39. The summed E-state index contributed by atoms with van der Waals surface area (Å²) < 4.78 is 3.78. The Morgan fingerprint density at radius 1 is 1.17 bits per heavy atom. The van der Waals surface area contributed by atoms with Crippen LogP contribution in [0.2, 0.25) is 0 Å². The molecule has 1 fully saturated rings. The summed E-state index contributed by atoms with van der Waals surface area (Å²) in [5, 5.41) is 18.3. The predicted octanol–water partition coefficient (Wildman–Crippen LogP) is 4.04. The standard InChI is InChI=1S/C26H27N9O/c1-3-27-25(36)19-6-4-5-17(9-19)14-34-15-20(12-28-34)21-11-24-29-16(2)13-35(24)26(30-21)31-23-10-22(32-33-23)18-7-8-18/h4-6,9-13,15,18H,3,7-8,14H2,1-2H3,(H,27,36)(H2,30,31,32,33). The zero-order valence-corrected chi connectivity index (χ0v) is 20.2. The maximum absolute atomic E-state index is 12.2. The Hall–Kier alpha value is -4.47. The maximum Gasteiger partial charge on any atom is 0.251 e. The summed E-state index contributed by atoms with van der Waals surface area (Å²) in [6.07, 6.45) is 8.12. The van der Waals surface area contributed by atoms with E-state index >= 15 is 0 Å². The summed E-state index contributed by atoms with van der Waals surface area (Å²) in [4.78, 5) is 21.7. The van der Waals surface area contributed by atoms with Gasteiger partial charge < -0.3 is 10.6 Å². The highest BCUT2D eigenvalue weighted by molar-refractivity contribution is 5.94. The second kappa shape index (κ2) is 8.95. The number of fused-ring (bicyclic) bond motifs is 1. The van der Waals surface area contributed by atoms with Crippen molar-refractivity contribution in [2.75, 3.05) is 11.9 Å². The quantitative estimate of drug-likeness (QED) is 0.308. The molecule has 182 valence electrons. The van der Waals surface area contributed by atoms with Gasteiger partial charge in [-0.1, -0.05) is 12.1 Å². The number of anilines is 2. The van der Waals surface area contributed by atoms with E-state index < -0.39 is 0 Å². The van der Waals surface area contributed by atoms with E-state index in [1.54, 1.807) is 6.20 Å². The lowest BCUT2D eigenvalue weighted by Crippen LogP contribution is -2.22. The van der Waals surface area contributed by atoms with E-state index in [0.717, 1.165) is 39.7 Å². The summed E-state index contributed by atoms with van der Waals surface area (Å²) in [7, 11) is 0. The molecule has 0 aliphatic heterocycles. The number of carbonyl (C=O) groups is 1. The molecule has 0 atom stereocenters. The van der Waals surface area contributed by atoms with Crippen molar-refractivity contribution < 1.29 is 4.79 Å². The summed E-state index contributed by atoms with van der Waals surface area (Å²) in [6, 6.07) is 11.6. The van der Waals surface area contributed by atoms with Crippen LogP contribution in [0.15, 0.2) is 55.0 Å². The molecule has 0 unspecified atom stereocenters. The van der Waals surface area contributed by atoms with Crippen molar-refractivity contribution in [3.05, 3.63) is 77.5 Å². The van der Waals surface area contributed by atoms with Crippen molar-refractivity contribution in [3.8, 4) is 11.3 Å². The van der Waals surface area contributed by atoms with Crippen molar-refractivity contribution in [2.45, 2.75) is 39.2 Å². The Balaban J connectivity index is 1.27. The average molecular weight is 482 g/mol. The molecule has 10 nitrogen and oxygen atoms in total. The SMILES string of the molecule is CCNC(=O)c1cccc(Cn2cc(-c3cc4nc(C)cn4c(Nc4cc(C5CC5)[nH]n4)n3)cn2)c1. The smallest absolute Gasteiger partial charge is 0.251 e. The molecule has 4 aromatic heterocycles. The van der Waals surface area contributed by atoms with E-state index in [4.69, 9.17) is 4.98 Å². The molecule has 4 heterocycles. The van der Waals surface area contributed by atoms with Gasteiger partial charge in [-0.3, -0.25) is 19.0 Å². The van der Waals surface area contributed by atoms with Crippen molar-refractivity contribution in [1.82, 2.24) is 39.7 Å². The molecular formula is C26H27N9O. The molecule has 1 saturated carbocycles. The van der Waals surface area contributed by atoms with Gasteiger partial charge in [-0.2, -0.15) is 10.2 Å². The summed E-state index contributed by atoms with van der Waals surface area (Å²) in [6.45, 7) is 5.01. The fourth-order valence-electron chi connectivity index (χ4n) is 4.31. The third-order valence-electron chi connectivity index (χ3n) is 6.23. The van der Waals surface area contributed by atoms with Crippen LogP contribution >= 0.6 is 0 Å². The summed E-state index contributed by atoms with van der Waals surface area (Å²) >= 11 is 0. The number of hydrogen-bond donors (Lipinski definition) is 3. The number of amides is 1. The topological polar surface area (TPSA) is 118 Å². The van der Waals surface area contributed by atoms with Crippen LogP contribution in [0.25, 0.3) is 16.9 Å². The van der Waals surface area contributed by atoms with Gasteiger partial charge in [0.05, 0.1) is 24.1 Å². The van der Waals surface area contributed by atoms with Gasteiger partial charge in [-0.05, 0) is 44.4 Å². The lowest BCUT2D eigenvalue weighted by molar-refractivity contribution is 0.0955. The van der Waals surface area contributed by atoms with Gasteiger partial charge in [0.2, 0.25) is 5.95 Å². The minimum Gasteiger partial charge on any atom is -0.352 e. The van der Waals surface area contributed by atoms with Gasteiger partial charge in [0.15, 0.2) is 5.82 Å². The number of hydrogen-bond acceptors (Lipinski definition) is 6. The number of aromatic amines is 1. The molecule has 0 radical (unpaired) electrons. The third kappa shape index (κ3) is 4.45. The molecule has 10 heteroatoms. The van der Waals surface area contributed by atoms with Crippen molar-refractivity contribution in [1.29, 1.82) is 0 Å². The van der Waals surface area contributed by atoms with Crippen LogP contribution in [-0.2, 0) is 6.54 Å². The number of rotatable bonds is 8. The van der Waals surface area contributed by atoms with Crippen LogP contribution in [0.1, 0.15) is 53.0 Å². The van der Waals surface area contributed by atoms with Gasteiger partial charge >= 0.3 is 0 Å². The minimum absolute atomic E-state index is 0.0748. The Labute approximate surface area is 207 Å². The van der Waals surface area contributed by atoms with Crippen molar-refractivity contribution in [3.63, 3.8) is 0 Å². The summed E-state index contributed by atoms with van der Waals surface area (Å²) in [5.74, 6) is 1.89. The number of nitrogens with zero attached hydrogens (tertiary/aromatic N) is 6. The van der Waals surface area contributed by atoms with Crippen molar-refractivity contribution >= 4 is 23.3 Å². The van der Waals surface area contributed by atoms with E-state index in [1.807, 2.05) is 65.7 Å². The first-order valence-corrected chi connectivity index (χ1v) is 12.1. The molecule has 5 aromatic rings. The number of H-pyrrole nitrogens is 1. The Morgan fingerprint density at radius 2 is 2.06 bits per heavy atom. The third-order valence-corrected chi connectivity index (χ3v) is 6.23. The van der Waals surface area contributed by atoms with E-state index in [0.29, 0.717) is 30.5 Å². The lowest BCUT2D eigenvalue weighted by Gasteiger charge is -2.08. The van der Waals surface area contributed by atoms with Gasteiger partial charge in [0, 0.05) is 53.8 Å². The Kier molecular flexibility index (Phi) is 5.48. The summed E-state index contributed by atoms with van der Waals surface area (Å²) in [5.41, 5.74) is 6.12. The van der Waals surface area contributed by atoms with Gasteiger partial charge in [0.1, 0.15) is 5.65 Å². The molecule has 1 amide bonds. The first-order valence-electron chi connectivity index (χ1n) is 12.1. The second-order valence-corrected chi connectivity index (χ2v) is 9.17. The predicted molar refractivity (Wildman–Crippen MR) is 136 cm³/mol. The highest BCUT2D eigenvalue weighted by Gasteiger charge is 2.25. The Morgan fingerprint density at radius 3 is 2.89 bits per heavy atom. The second-order valence-electron chi connectivity index (χ2n) is 9.17. The first-order chi connectivity index (χ1) is 17.6. The number of nitrogens with one attached hydrogen (secondary N) is 3. The van der Waals surface area contributed by atoms with E-state index in [-0.39, 0.29) is 5.91 Å². The molecule has 6 rings (SSSR count). The van der Waals surface area contributed by atoms with E-state index in [2.05, 4.69) is 37.0 Å². The minimum atomic E-state index is -0.0748. The number of aromatic nitrogens is 7. The van der Waals surface area contributed by atoms with Gasteiger partial charge in [-0.25, -0.2) is 9.97 Å². The first kappa shape index (κ1) is 22.0. The number of aryl methyl sites for hydroxylation is 1. The van der Waals surface area contributed by atoms with Gasteiger partial charge in [0.25, 0.3) is 5.91 Å². The largest absolute Gasteiger partial charge is 0.352 e. The molecule has 1 aromatic carbocycles. The zero-order valence-electron chi connectivity index (χ0n) is 20.2. The molecule has 36 heavy (non-hydrogen) atoms. The van der Waals surface area contributed by atoms with E-state index in [9.17, 15) is 4.79 Å². The molecule has 0 spiro atoms. The van der Waals surface area contributed by atoms with Gasteiger partial charge in [-0.15, -0.1) is 0 Å². The molecule has 0 bridgehead atoms. The fraction of sp³-hybridized carbons (Fsp3) is 0.269. The lowest BCUT2D eigenvalue weighted by atomic mass is 10.1. The average Bonchev–Trinajstić information content (AvgIpc) is 3.23. The molecule has 1 aliphatic rings. The van der Waals surface area contributed by atoms with Crippen molar-refractivity contribution in [2.24, 2.45) is 0 Å². The van der Waals surface area contributed by atoms with Crippen LogP contribution in [0.4, 0.5) is 11.8 Å². The van der Waals surface area contributed by atoms with Crippen LogP contribution < -0.4 is 10.6 Å². The van der Waals surface area contributed by atoms with Crippen LogP contribution in [0.3, 0.4) is 0 Å². The Bertz CT molecular complexity index is 1560. The van der Waals surface area contributed by atoms with Crippen LogP contribution in [0, 0.1) is 6.92 Å². The number of benzene rings is 1. The highest BCUT2D eigenvalue weighted by atomic mass is 16.1. The number of carbonyl (C=O) groups excluding carboxylic acids is 1. The van der Waals surface area contributed by atoms with Crippen LogP contribution in [0.5, 0.6) is 0 Å². The molecular weight excluding hydrogens is 454 g/mol. The monoisotopic (exact) mass is 481 g/mol. The zero-order chi connectivity index (χ0) is 24.6.